The molecule has 16 heavy (non-hydrogen) atoms. The Kier molecular flexibility index (Phi) is 2.72. The molecular weight excluding hydrogens is 200 g/mol. The van der Waals surface area contributed by atoms with Gasteiger partial charge in [-0.3, -0.25) is 4.99 Å². The van der Waals surface area contributed by atoms with Gasteiger partial charge in [0.05, 0.1) is 6.04 Å². The van der Waals surface area contributed by atoms with Crippen molar-refractivity contribution in [3.63, 3.8) is 0 Å². The third kappa shape index (κ3) is 1.58. The Morgan fingerprint density at radius 2 is 2.44 bits per heavy atom. The van der Waals surface area contributed by atoms with Crippen molar-refractivity contribution in [1.29, 1.82) is 0 Å². The van der Waals surface area contributed by atoms with Crippen LogP contribution in [0.2, 0.25) is 0 Å². The van der Waals surface area contributed by atoms with E-state index < -0.39 is 0 Å². The molecule has 3 heteroatoms. The van der Waals surface area contributed by atoms with E-state index in [0.29, 0.717) is 18.2 Å². The maximum atomic E-state index is 5.91. The van der Waals surface area contributed by atoms with E-state index in [1.165, 1.54) is 25.1 Å². The van der Waals surface area contributed by atoms with Crippen LogP contribution in [0.25, 0.3) is 0 Å². The van der Waals surface area contributed by atoms with Gasteiger partial charge in [-0.2, -0.15) is 0 Å². The van der Waals surface area contributed by atoms with Gasteiger partial charge in [-0.25, -0.2) is 0 Å². The Balaban J connectivity index is 1.88. The first-order chi connectivity index (χ1) is 7.90. The zero-order valence-corrected chi connectivity index (χ0v) is 9.93. The van der Waals surface area contributed by atoms with Gasteiger partial charge in [0.15, 0.2) is 0 Å². The standard InChI is InChI=1S/C13H20N2O/c1-2-5-11-10-7-9-16-13(10)15-8-4-3-6-12(15)14-11/h3-4,10-11,13H,2,5-9H2,1H3. The second-order valence-corrected chi connectivity index (χ2v) is 4.94. The Morgan fingerprint density at radius 3 is 3.31 bits per heavy atom. The number of hydrogen-bond donors (Lipinski definition) is 0. The summed E-state index contributed by atoms with van der Waals surface area (Å²) >= 11 is 0. The number of hydrogen-bond acceptors (Lipinski definition) is 3. The van der Waals surface area contributed by atoms with Crippen LogP contribution in [0.1, 0.15) is 32.6 Å². The lowest BCUT2D eigenvalue weighted by Gasteiger charge is -2.41. The summed E-state index contributed by atoms with van der Waals surface area (Å²) in [6.07, 6.45) is 9.39. The number of rotatable bonds is 2. The monoisotopic (exact) mass is 220 g/mol. The molecule has 0 N–H and O–H groups in total. The maximum absolute atomic E-state index is 5.91. The highest BCUT2D eigenvalue weighted by molar-refractivity contribution is 5.85. The molecule has 0 aromatic rings. The Morgan fingerprint density at radius 1 is 1.50 bits per heavy atom. The van der Waals surface area contributed by atoms with Gasteiger partial charge < -0.3 is 9.64 Å². The highest BCUT2D eigenvalue weighted by atomic mass is 16.5. The predicted molar refractivity (Wildman–Crippen MR) is 64.4 cm³/mol. The van der Waals surface area contributed by atoms with Gasteiger partial charge in [-0.15, -0.1) is 0 Å². The minimum absolute atomic E-state index is 0.314. The van der Waals surface area contributed by atoms with Gasteiger partial charge in [-0.05, 0) is 12.8 Å². The van der Waals surface area contributed by atoms with Crippen molar-refractivity contribution in [2.45, 2.75) is 44.9 Å². The molecule has 3 rings (SSSR count). The average Bonchev–Trinajstić information content (AvgIpc) is 2.79. The zero-order valence-electron chi connectivity index (χ0n) is 9.93. The van der Waals surface area contributed by atoms with Gasteiger partial charge in [0.25, 0.3) is 0 Å². The number of fused-ring (bicyclic) bond motifs is 3. The topological polar surface area (TPSA) is 24.8 Å². The van der Waals surface area contributed by atoms with Gasteiger partial charge in [-0.1, -0.05) is 25.5 Å². The summed E-state index contributed by atoms with van der Waals surface area (Å²) in [5.41, 5.74) is 0. The molecule has 0 saturated carbocycles. The molecule has 0 aromatic heterocycles. The molecule has 88 valence electrons. The molecule has 0 radical (unpaired) electrons. The number of aliphatic imine (C=N–C) groups is 1. The van der Waals surface area contributed by atoms with Gasteiger partial charge in [0.1, 0.15) is 12.1 Å². The molecule has 0 bridgehead atoms. The summed E-state index contributed by atoms with van der Waals surface area (Å²) in [4.78, 5) is 7.31. The highest BCUT2D eigenvalue weighted by Gasteiger charge is 2.42. The van der Waals surface area contributed by atoms with E-state index in [0.717, 1.165) is 19.6 Å². The van der Waals surface area contributed by atoms with Crippen LogP contribution >= 0.6 is 0 Å². The quantitative estimate of drug-likeness (QED) is 0.666. The number of amidine groups is 1. The van der Waals surface area contributed by atoms with E-state index in [1.807, 2.05) is 0 Å². The van der Waals surface area contributed by atoms with Gasteiger partial charge in [0.2, 0.25) is 0 Å². The van der Waals surface area contributed by atoms with E-state index in [-0.39, 0.29) is 0 Å². The molecule has 3 aliphatic heterocycles. The molecule has 3 atom stereocenters. The molecule has 3 unspecified atom stereocenters. The molecule has 3 aliphatic rings. The second-order valence-electron chi connectivity index (χ2n) is 4.94. The van der Waals surface area contributed by atoms with Crippen LogP contribution in [-0.2, 0) is 4.74 Å². The van der Waals surface area contributed by atoms with Crippen LogP contribution in [0.5, 0.6) is 0 Å². The van der Waals surface area contributed by atoms with Crippen molar-refractivity contribution >= 4 is 5.84 Å². The van der Waals surface area contributed by atoms with Crippen molar-refractivity contribution in [1.82, 2.24) is 4.90 Å². The minimum atomic E-state index is 0.314. The molecular formula is C13H20N2O. The van der Waals surface area contributed by atoms with E-state index in [2.05, 4.69) is 24.0 Å². The Hall–Kier alpha value is -0.830. The fourth-order valence-electron chi connectivity index (χ4n) is 3.13. The van der Waals surface area contributed by atoms with Crippen LogP contribution in [0, 0.1) is 5.92 Å². The fraction of sp³-hybridized carbons (Fsp3) is 0.769. The summed E-state index contributed by atoms with van der Waals surface area (Å²) in [5.74, 6) is 1.89. The first-order valence-electron chi connectivity index (χ1n) is 6.50. The van der Waals surface area contributed by atoms with Crippen molar-refractivity contribution in [2.24, 2.45) is 10.9 Å². The third-order valence-electron chi connectivity index (χ3n) is 3.91. The summed E-state index contributed by atoms with van der Waals surface area (Å²) < 4.78 is 5.91. The molecule has 1 fully saturated rings. The third-order valence-corrected chi connectivity index (χ3v) is 3.91. The van der Waals surface area contributed by atoms with Gasteiger partial charge in [0, 0.05) is 25.5 Å². The van der Waals surface area contributed by atoms with Crippen molar-refractivity contribution in [2.75, 3.05) is 13.2 Å². The van der Waals surface area contributed by atoms with Gasteiger partial charge >= 0.3 is 0 Å². The molecule has 0 spiro atoms. The minimum Gasteiger partial charge on any atom is -0.358 e. The summed E-state index contributed by atoms with van der Waals surface area (Å²) in [6.45, 7) is 4.15. The van der Waals surface area contributed by atoms with Crippen molar-refractivity contribution in [3.8, 4) is 0 Å². The maximum Gasteiger partial charge on any atom is 0.136 e. The van der Waals surface area contributed by atoms with Crippen LogP contribution < -0.4 is 0 Å². The molecule has 0 amide bonds. The first-order valence-corrected chi connectivity index (χ1v) is 6.50. The van der Waals surface area contributed by atoms with E-state index >= 15 is 0 Å². The summed E-state index contributed by atoms with van der Waals surface area (Å²) in [7, 11) is 0. The Labute approximate surface area is 97.2 Å². The fourth-order valence-corrected chi connectivity index (χ4v) is 3.13. The molecule has 0 aliphatic carbocycles. The lowest BCUT2D eigenvalue weighted by molar-refractivity contribution is -0.0122. The number of nitrogens with zero attached hydrogens (tertiary/aromatic N) is 2. The van der Waals surface area contributed by atoms with Crippen molar-refractivity contribution in [3.05, 3.63) is 12.2 Å². The van der Waals surface area contributed by atoms with Crippen LogP contribution in [-0.4, -0.2) is 36.2 Å². The normalized spacial score (nSPS) is 36.9. The second kappa shape index (κ2) is 4.21. The highest BCUT2D eigenvalue weighted by Crippen LogP contribution is 2.35. The summed E-state index contributed by atoms with van der Waals surface area (Å²) in [5, 5.41) is 0. The average molecular weight is 220 g/mol. The smallest absolute Gasteiger partial charge is 0.136 e. The molecule has 3 heterocycles. The van der Waals surface area contributed by atoms with E-state index in [4.69, 9.17) is 9.73 Å². The number of ether oxygens (including phenoxy) is 1. The summed E-state index contributed by atoms with van der Waals surface area (Å²) in [6, 6.07) is 0.509. The lowest BCUT2D eigenvalue weighted by atomic mass is 9.90. The van der Waals surface area contributed by atoms with Crippen LogP contribution in [0.15, 0.2) is 17.1 Å². The largest absolute Gasteiger partial charge is 0.358 e. The Bertz CT molecular complexity index is 324. The van der Waals surface area contributed by atoms with Crippen LogP contribution in [0.3, 0.4) is 0 Å². The molecule has 0 aromatic carbocycles. The lowest BCUT2D eigenvalue weighted by Crippen LogP contribution is -2.51. The van der Waals surface area contributed by atoms with E-state index in [1.54, 1.807) is 0 Å². The van der Waals surface area contributed by atoms with Crippen LogP contribution in [0.4, 0.5) is 0 Å². The molecule has 1 saturated heterocycles. The van der Waals surface area contributed by atoms with E-state index in [9.17, 15) is 0 Å². The predicted octanol–water partition coefficient (Wildman–Crippen LogP) is 2.19. The molecule has 3 nitrogen and oxygen atoms in total. The SMILES string of the molecule is CCCC1N=C2CC=CCN2C2OCCC12. The first kappa shape index (κ1) is 10.3. The zero-order chi connectivity index (χ0) is 11.0. The van der Waals surface area contributed by atoms with Crippen molar-refractivity contribution < 1.29 is 4.74 Å².